The molecule has 9 rings (SSSR count). The molecule has 6 heterocycles. The molecule has 2 N–H and O–H groups in total. The molecule has 6 aliphatic rings. The Kier molecular flexibility index (Phi) is 9.41. The van der Waals surface area contributed by atoms with Crippen LogP contribution >= 0.6 is 0 Å². The first-order valence-electron chi connectivity index (χ1n) is 20.9. The Hall–Kier alpha value is -4.98. The van der Waals surface area contributed by atoms with Gasteiger partial charge in [-0.2, -0.15) is 0 Å². The summed E-state index contributed by atoms with van der Waals surface area (Å²) in [6, 6.07) is 10.2. The number of para-hydroxylation sites is 1. The van der Waals surface area contributed by atoms with Crippen LogP contribution in [0.25, 0.3) is 10.9 Å². The van der Waals surface area contributed by atoms with E-state index in [4.69, 9.17) is 18.9 Å². The molecule has 9 unspecified atom stereocenters. The van der Waals surface area contributed by atoms with Gasteiger partial charge in [-0.25, -0.2) is 4.79 Å². The van der Waals surface area contributed by atoms with E-state index < -0.39 is 57.9 Å². The molecule has 3 aromatic rings. The third-order valence-electron chi connectivity index (χ3n) is 15.0. The van der Waals surface area contributed by atoms with Crippen LogP contribution in [0.4, 0.5) is 5.69 Å². The average molecular weight is 807 g/mol. The highest BCUT2D eigenvalue weighted by Gasteiger charge is 2.81. The first kappa shape index (κ1) is 39.5. The third kappa shape index (κ3) is 5.13. The van der Waals surface area contributed by atoms with Crippen LogP contribution in [0.15, 0.2) is 60.2 Å². The predicted octanol–water partition coefficient (Wildman–Crippen LogP) is 4.32. The van der Waals surface area contributed by atoms with Crippen molar-refractivity contribution in [3.63, 3.8) is 0 Å². The fourth-order valence-corrected chi connectivity index (χ4v) is 12.9. The number of ether oxygens (including phenoxy) is 4. The molecule has 59 heavy (non-hydrogen) atoms. The summed E-state index contributed by atoms with van der Waals surface area (Å²) in [6.07, 6.45) is 8.34. The maximum atomic E-state index is 15.3. The van der Waals surface area contributed by atoms with E-state index in [0.29, 0.717) is 67.7 Å². The summed E-state index contributed by atoms with van der Waals surface area (Å²) >= 11 is 0. The minimum absolute atomic E-state index is 0.0349. The van der Waals surface area contributed by atoms with Gasteiger partial charge >= 0.3 is 17.9 Å². The van der Waals surface area contributed by atoms with Gasteiger partial charge < -0.3 is 33.9 Å². The number of carbonyl (C=O) groups is 4. The molecule has 1 spiro atoms. The van der Waals surface area contributed by atoms with Crippen molar-refractivity contribution in [2.75, 3.05) is 59.0 Å². The zero-order valence-electron chi connectivity index (χ0n) is 34.7. The number of fused-ring (bicyclic) bond motifs is 6. The number of hydrogen-bond acceptors (Lipinski definition) is 11. The van der Waals surface area contributed by atoms with Gasteiger partial charge in [-0.1, -0.05) is 55.8 Å². The third-order valence-corrected chi connectivity index (χ3v) is 15.0. The Balaban J connectivity index is 1.39. The van der Waals surface area contributed by atoms with E-state index in [-0.39, 0.29) is 5.92 Å². The highest BCUT2D eigenvalue weighted by atomic mass is 16.6. The number of rotatable bonds is 8. The van der Waals surface area contributed by atoms with E-state index in [1.165, 1.54) is 31.6 Å². The highest BCUT2D eigenvalue weighted by molar-refractivity contribution is 5.96. The molecule has 1 saturated carbocycles. The molecule has 9 atom stereocenters. The lowest BCUT2D eigenvalue weighted by atomic mass is 9.47. The van der Waals surface area contributed by atoms with Gasteiger partial charge in [0.2, 0.25) is 12.0 Å². The van der Waals surface area contributed by atoms with Crippen molar-refractivity contribution in [1.82, 2.24) is 14.8 Å². The van der Waals surface area contributed by atoms with Crippen molar-refractivity contribution in [1.29, 1.82) is 0 Å². The minimum Gasteiger partial charge on any atom is -0.496 e. The van der Waals surface area contributed by atoms with E-state index in [2.05, 4.69) is 33.8 Å². The van der Waals surface area contributed by atoms with Crippen LogP contribution in [0.2, 0.25) is 0 Å². The average Bonchev–Trinajstić information content (AvgIpc) is 3.92. The van der Waals surface area contributed by atoms with Crippen LogP contribution in [0.1, 0.15) is 68.8 Å². The van der Waals surface area contributed by atoms with Gasteiger partial charge in [-0.05, 0) is 67.8 Å². The van der Waals surface area contributed by atoms with Gasteiger partial charge in [0.05, 0.1) is 33.1 Å². The summed E-state index contributed by atoms with van der Waals surface area (Å²) in [6.45, 7) is 8.97. The molecule has 2 fully saturated rings. The van der Waals surface area contributed by atoms with Gasteiger partial charge in [-0.3, -0.25) is 24.2 Å². The summed E-state index contributed by atoms with van der Waals surface area (Å²) < 4.78 is 23.7. The van der Waals surface area contributed by atoms with E-state index in [9.17, 15) is 19.5 Å². The van der Waals surface area contributed by atoms with Crippen molar-refractivity contribution < 1.29 is 43.2 Å². The van der Waals surface area contributed by atoms with Crippen LogP contribution in [0, 0.1) is 11.3 Å². The Morgan fingerprint density at radius 3 is 2.49 bits per heavy atom. The van der Waals surface area contributed by atoms with Crippen molar-refractivity contribution in [2.24, 2.45) is 11.3 Å². The molecule has 1 aliphatic carbocycles. The number of H-pyrrole nitrogens is 1. The van der Waals surface area contributed by atoms with Crippen molar-refractivity contribution in [3.8, 4) is 5.75 Å². The SMILES string of the molecule is CCC1=CC2CN(CCc3c([nH]c4ccccc34)C(C(=O)OC)(c3cc4c(cc3OC)N(C=O)C3C(O)(C(=O)OC)C(OC(C)=O)C5(CC)C=CCN6CCC43C65)C2)C1. The number of methoxy groups -OCH3 is 3. The van der Waals surface area contributed by atoms with Crippen LogP contribution in [-0.2, 0) is 50.6 Å². The zero-order valence-corrected chi connectivity index (χ0v) is 34.7. The molecule has 13 nitrogen and oxygen atoms in total. The molecule has 13 heteroatoms. The number of esters is 3. The molecule has 0 radical (unpaired) electrons. The largest absolute Gasteiger partial charge is 0.496 e. The standard InChI is InChI=1S/C46H54N4O9/c1-7-28-20-29-23-45(41(53)57-5,37-31(14-18-48(24-28)25-29)30-12-9-10-13-34(30)47-37)33-21-32-35(22-36(33)56-4)50(26-51)39-44(32)16-19-49-17-11-15-43(8-2,38(44)49)40(59-27(3)52)46(39,55)42(54)58-6/h9-13,15,20-22,26,29,38-40,47,55H,7-8,14,16-19,23-25H2,1-6H3. The second kappa shape index (κ2) is 14.1. The lowest BCUT2D eigenvalue weighted by molar-refractivity contribution is -0.228. The Labute approximate surface area is 344 Å². The first-order chi connectivity index (χ1) is 28.4. The van der Waals surface area contributed by atoms with Crippen molar-refractivity contribution in [3.05, 3.63) is 82.6 Å². The number of anilines is 1. The zero-order chi connectivity index (χ0) is 41.6. The normalized spacial score (nSPS) is 34.3. The fourth-order valence-electron chi connectivity index (χ4n) is 12.9. The van der Waals surface area contributed by atoms with E-state index >= 15 is 4.79 Å². The molecule has 1 amide bonds. The minimum atomic E-state index is -2.51. The van der Waals surface area contributed by atoms with Crippen LogP contribution in [0.5, 0.6) is 5.75 Å². The number of aromatic amines is 1. The summed E-state index contributed by atoms with van der Waals surface area (Å²) in [5.74, 6) is -1.81. The smallest absolute Gasteiger partial charge is 0.344 e. The van der Waals surface area contributed by atoms with Crippen LogP contribution in [0.3, 0.4) is 0 Å². The molecule has 2 bridgehead atoms. The molecular formula is C46H54N4O9. The Morgan fingerprint density at radius 1 is 1.02 bits per heavy atom. The van der Waals surface area contributed by atoms with Gasteiger partial charge in [0.15, 0.2) is 6.10 Å². The number of nitrogens with zero attached hydrogens (tertiary/aromatic N) is 3. The van der Waals surface area contributed by atoms with E-state index in [0.717, 1.165) is 48.2 Å². The monoisotopic (exact) mass is 806 g/mol. The Morgan fingerprint density at radius 2 is 1.80 bits per heavy atom. The summed E-state index contributed by atoms with van der Waals surface area (Å²) in [5.41, 5.74) is -0.420. The number of carbonyl (C=O) groups excluding carboxylic acids is 4. The second-order valence-corrected chi connectivity index (χ2v) is 17.4. The summed E-state index contributed by atoms with van der Waals surface area (Å²) in [7, 11) is 4.16. The molecule has 1 saturated heterocycles. The maximum absolute atomic E-state index is 15.3. The van der Waals surface area contributed by atoms with Gasteiger partial charge in [0.1, 0.15) is 11.2 Å². The van der Waals surface area contributed by atoms with E-state index in [1.807, 2.05) is 43.3 Å². The van der Waals surface area contributed by atoms with Crippen molar-refractivity contribution >= 4 is 40.9 Å². The topological polar surface area (TPSA) is 151 Å². The fraction of sp³-hybridized carbons (Fsp3) is 0.522. The molecular weight excluding hydrogens is 753 g/mol. The summed E-state index contributed by atoms with van der Waals surface area (Å²) in [5, 5.41) is 14.3. The quantitative estimate of drug-likeness (QED) is 0.145. The molecule has 1 aromatic heterocycles. The lowest BCUT2D eigenvalue weighted by Gasteiger charge is -2.63. The lowest BCUT2D eigenvalue weighted by Crippen LogP contribution is -2.81. The predicted molar refractivity (Wildman–Crippen MR) is 219 cm³/mol. The number of nitrogens with one attached hydrogen (secondary N) is 1. The number of amides is 1. The Bertz CT molecular complexity index is 2320. The molecule has 2 aromatic carbocycles. The van der Waals surface area contributed by atoms with Crippen LogP contribution < -0.4 is 9.64 Å². The number of aromatic nitrogens is 1. The van der Waals surface area contributed by atoms with Gasteiger partial charge in [-0.15, -0.1) is 0 Å². The second-order valence-electron chi connectivity index (χ2n) is 17.4. The van der Waals surface area contributed by atoms with E-state index in [1.54, 1.807) is 13.2 Å². The van der Waals surface area contributed by atoms with Crippen LogP contribution in [-0.4, -0.2) is 122 Å². The van der Waals surface area contributed by atoms with Gasteiger partial charge in [0.25, 0.3) is 0 Å². The van der Waals surface area contributed by atoms with Crippen molar-refractivity contribution in [2.45, 2.75) is 87.5 Å². The molecule has 5 aliphatic heterocycles. The maximum Gasteiger partial charge on any atom is 0.344 e. The number of hydrogen-bond donors (Lipinski definition) is 2. The summed E-state index contributed by atoms with van der Waals surface area (Å²) in [4.78, 5) is 66.3. The van der Waals surface area contributed by atoms with Gasteiger partial charge in [0, 0.05) is 78.2 Å². The number of benzene rings is 2. The highest BCUT2D eigenvalue weighted by Crippen LogP contribution is 2.68. The first-order valence-corrected chi connectivity index (χ1v) is 20.9. The molecule has 312 valence electrons. The number of aliphatic hydroxyl groups is 1.